The van der Waals surface area contributed by atoms with Crippen molar-refractivity contribution in [1.29, 1.82) is 0 Å². The first-order valence-corrected chi connectivity index (χ1v) is 5.84. The zero-order chi connectivity index (χ0) is 11.5. The molecule has 2 aromatic heterocycles. The van der Waals surface area contributed by atoms with E-state index in [1.54, 1.807) is 11.7 Å². The predicted octanol–water partition coefficient (Wildman–Crippen LogP) is 0.604. The highest BCUT2D eigenvalue weighted by molar-refractivity contribution is 7.07. The molecule has 0 fully saturated rings. The van der Waals surface area contributed by atoms with E-state index in [0.29, 0.717) is 18.5 Å². The second-order valence-electron chi connectivity index (χ2n) is 3.37. The molecule has 0 saturated carbocycles. The summed E-state index contributed by atoms with van der Waals surface area (Å²) in [6.45, 7) is 2.27. The van der Waals surface area contributed by atoms with Crippen LogP contribution in [0.4, 0.5) is 0 Å². The van der Waals surface area contributed by atoms with Gasteiger partial charge in [-0.3, -0.25) is 14.3 Å². The van der Waals surface area contributed by atoms with Gasteiger partial charge in [0.2, 0.25) is 0 Å². The fourth-order valence-electron chi connectivity index (χ4n) is 1.41. The summed E-state index contributed by atoms with van der Waals surface area (Å²) in [4.78, 5) is 29.3. The SMILES string of the molecule is CCc1cn(Cc2cscn2)c(=O)[nH]c1=O. The van der Waals surface area contributed by atoms with E-state index in [0.717, 1.165) is 5.69 Å². The third kappa shape index (κ3) is 2.11. The molecule has 0 unspecified atom stereocenters. The zero-order valence-electron chi connectivity index (χ0n) is 8.77. The van der Waals surface area contributed by atoms with Gasteiger partial charge >= 0.3 is 5.69 Å². The summed E-state index contributed by atoms with van der Waals surface area (Å²) in [5, 5.41) is 1.88. The van der Waals surface area contributed by atoms with Crippen LogP contribution < -0.4 is 11.2 Å². The van der Waals surface area contributed by atoms with Gasteiger partial charge in [0, 0.05) is 17.1 Å². The van der Waals surface area contributed by atoms with E-state index in [1.165, 1.54) is 15.9 Å². The molecular weight excluding hydrogens is 226 g/mol. The zero-order valence-corrected chi connectivity index (χ0v) is 9.58. The Bertz CT molecular complexity index is 583. The second-order valence-corrected chi connectivity index (χ2v) is 4.09. The molecule has 84 valence electrons. The molecular formula is C10H11N3O2S. The molecule has 0 aliphatic heterocycles. The highest BCUT2D eigenvalue weighted by Gasteiger charge is 2.04. The lowest BCUT2D eigenvalue weighted by molar-refractivity contribution is 0.697. The Morgan fingerprint density at radius 3 is 2.94 bits per heavy atom. The number of aryl methyl sites for hydroxylation is 1. The molecule has 0 atom stereocenters. The highest BCUT2D eigenvalue weighted by Crippen LogP contribution is 2.02. The van der Waals surface area contributed by atoms with E-state index < -0.39 is 5.69 Å². The minimum atomic E-state index is -0.393. The predicted molar refractivity (Wildman–Crippen MR) is 61.9 cm³/mol. The maximum absolute atomic E-state index is 11.5. The molecule has 0 radical (unpaired) electrons. The van der Waals surface area contributed by atoms with Gasteiger partial charge in [-0.25, -0.2) is 9.78 Å². The smallest absolute Gasteiger partial charge is 0.294 e. The van der Waals surface area contributed by atoms with Crippen molar-refractivity contribution < 1.29 is 0 Å². The summed E-state index contributed by atoms with van der Waals surface area (Å²) < 4.78 is 1.47. The molecule has 0 aromatic carbocycles. The van der Waals surface area contributed by atoms with E-state index in [9.17, 15) is 9.59 Å². The van der Waals surface area contributed by atoms with E-state index in [-0.39, 0.29) is 5.56 Å². The van der Waals surface area contributed by atoms with Gasteiger partial charge in [0.05, 0.1) is 17.7 Å². The van der Waals surface area contributed by atoms with E-state index >= 15 is 0 Å². The van der Waals surface area contributed by atoms with Gasteiger partial charge < -0.3 is 0 Å². The number of hydrogen-bond donors (Lipinski definition) is 1. The largest absolute Gasteiger partial charge is 0.328 e. The first-order valence-electron chi connectivity index (χ1n) is 4.90. The summed E-state index contributed by atoms with van der Waals surface area (Å²) >= 11 is 1.48. The van der Waals surface area contributed by atoms with Crippen molar-refractivity contribution >= 4 is 11.3 Å². The van der Waals surface area contributed by atoms with Crippen LogP contribution in [-0.2, 0) is 13.0 Å². The van der Waals surface area contributed by atoms with Crippen molar-refractivity contribution in [3.05, 3.63) is 49.2 Å². The molecule has 1 N–H and O–H groups in total. The van der Waals surface area contributed by atoms with Gasteiger partial charge in [-0.1, -0.05) is 6.92 Å². The molecule has 2 aromatic rings. The molecule has 16 heavy (non-hydrogen) atoms. The van der Waals surface area contributed by atoms with Gasteiger partial charge in [-0.05, 0) is 6.42 Å². The lowest BCUT2D eigenvalue weighted by Crippen LogP contribution is -2.31. The highest BCUT2D eigenvalue weighted by atomic mass is 32.1. The lowest BCUT2D eigenvalue weighted by atomic mass is 10.2. The van der Waals surface area contributed by atoms with Gasteiger partial charge in [0.1, 0.15) is 0 Å². The Labute approximate surface area is 95.4 Å². The van der Waals surface area contributed by atoms with Crippen molar-refractivity contribution in [3.63, 3.8) is 0 Å². The van der Waals surface area contributed by atoms with Crippen LogP contribution in [-0.4, -0.2) is 14.5 Å². The number of aromatic nitrogens is 3. The Kier molecular flexibility index (Phi) is 3.00. The van der Waals surface area contributed by atoms with Crippen LogP contribution in [0.1, 0.15) is 18.2 Å². The van der Waals surface area contributed by atoms with Gasteiger partial charge in [-0.15, -0.1) is 11.3 Å². The third-order valence-corrected chi connectivity index (χ3v) is 2.92. The van der Waals surface area contributed by atoms with Crippen molar-refractivity contribution in [3.8, 4) is 0 Å². The van der Waals surface area contributed by atoms with Crippen LogP contribution in [0, 0.1) is 0 Å². The number of aromatic amines is 1. The first-order chi connectivity index (χ1) is 7.70. The maximum atomic E-state index is 11.5. The topological polar surface area (TPSA) is 67.8 Å². The van der Waals surface area contributed by atoms with E-state index in [1.807, 2.05) is 12.3 Å². The standard InChI is InChI=1S/C10H11N3O2S/c1-2-7-3-13(10(15)12-9(7)14)4-8-5-16-6-11-8/h3,5-6H,2,4H2,1H3,(H,12,14,15). The fraction of sp³-hybridized carbons (Fsp3) is 0.300. The van der Waals surface area contributed by atoms with Crippen LogP contribution >= 0.6 is 11.3 Å². The summed E-state index contributed by atoms with van der Waals surface area (Å²) in [7, 11) is 0. The van der Waals surface area contributed by atoms with Crippen molar-refractivity contribution in [1.82, 2.24) is 14.5 Å². The summed E-state index contributed by atoms with van der Waals surface area (Å²) in [6.07, 6.45) is 2.20. The molecule has 0 bridgehead atoms. The molecule has 0 spiro atoms. The number of H-pyrrole nitrogens is 1. The minimum absolute atomic E-state index is 0.304. The third-order valence-electron chi connectivity index (χ3n) is 2.28. The van der Waals surface area contributed by atoms with Crippen LogP contribution in [0.2, 0.25) is 0 Å². The van der Waals surface area contributed by atoms with Crippen LogP contribution in [0.15, 0.2) is 26.7 Å². The summed E-state index contributed by atoms with van der Waals surface area (Å²) in [5.41, 5.74) is 2.44. The number of thiazole rings is 1. The molecule has 0 aliphatic rings. The molecule has 0 amide bonds. The minimum Gasteiger partial charge on any atom is -0.294 e. The molecule has 2 heterocycles. The Morgan fingerprint density at radius 2 is 2.31 bits per heavy atom. The average molecular weight is 237 g/mol. The lowest BCUT2D eigenvalue weighted by Gasteiger charge is -2.04. The van der Waals surface area contributed by atoms with E-state index in [4.69, 9.17) is 0 Å². The second kappa shape index (κ2) is 4.44. The van der Waals surface area contributed by atoms with E-state index in [2.05, 4.69) is 9.97 Å². The van der Waals surface area contributed by atoms with Crippen LogP contribution in [0.3, 0.4) is 0 Å². The Balaban J connectivity index is 2.41. The monoisotopic (exact) mass is 237 g/mol. The Morgan fingerprint density at radius 1 is 1.50 bits per heavy atom. The molecule has 0 saturated heterocycles. The van der Waals surface area contributed by atoms with Gasteiger partial charge in [0.25, 0.3) is 5.56 Å². The number of nitrogens with zero attached hydrogens (tertiary/aromatic N) is 2. The molecule has 2 rings (SSSR count). The van der Waals surface area contributed by atoms with Crippen LogP contribution in [0.5, 0.6) is 0 Å². The molecule has 5 nitrogen and oxygen atoms in total. The number of rotatable bonds is 3. The van der Waals surface area contributed by atoms with Crippen LogP contribution in [0.25, 0.3) is 0 Å². The number of hydrogen-bond acceptors (Lipinski definition) is 4. The fourth-order valence-corrected chi connectivity index (χ4v) is 1.96. The van der Waals surface area contributed by atoms with Crippen molar-refractivity contribution in [2.75, 3.05) is 0 Å². The average Bonchev–Trinajstić information content (AvgIpc) is 2.75. The first kappa shape index (κ1) is 10.8. The Hall–Kier alpha value is -1.69. The number of nitrogens with one attached hydrogen (secondary N) is 1. The van der Waals surface area contributed by atoms with Gasteiger partial charge in [0.15, 0.2) is 0 Å². The summed E-state index contributed by atoms with van der Waals surface area (Å²) in [5.74, 6) is 0. The maximum Gasteiger partial charge on any atom is 0.328 e. The van der Waals surface area contributed by atoms with Crippen molar-refractivity contribution in [2.45, 2.75) is 19.9 Å². The van der Waals surface area contributed by atoms with Gasteiger partial charge in [-0.2, -0.15) is 0 Å². The molecule has 6 heteroatoms. The summed E-state index contributed by atoms with van der Waals surface area (Å²) in [6, 6.07) is 0. The normalized spacial score (nSPS) is 10.6. The molecule has 0 aliphatic carbocycles. The quantitative estimate of drug-likeness (QED) is 0.850. The van der Waals surface area contributed by atoms with Crippen molar-refractivity contribution in [2.24, 2.45) is 0 Å².